The number of hydrogen-bond acceptors (Lipinski definition) is 7. The summed E-state index contributed by atoms with van der Waals surface area (Å²) in [6.45, 7) is 10.4. The third-order valence-electron chi connectivity index (χ3n) is 5.83. The van der Waals surface area contributed by atoms with Crippen molar-refractivity contribution in [3.05, 3.63) is 72.1 Å². The lowest BCUT2D eigenvalue weighted by Gasteiger charge is -2.33. The van der Waals surface area contributed by atoms with E-state index in [4.69, 9.17) is 0 Å². The lowest BCUT2D eigenvalue weighted by Crippen LogP contribution is -2.44. The van der Waals surface area contributed by atoms with E-state index in [0.717, 1.165) is 64.9 Å². The highest BCUT2D eigenvalue weighted by atomic mass is 32.1. The number of aryl methyl sites for hydroxylation is 1. The van der Waals surface area contributed by atoms with Crippen molar-refractivity contribution in [2.24, 2.45) is 0 Å². The van der Waals surface area contributed by atoms with E-state index in [9.17, 15) is 0 Å². The Kier molecular flexibility index (Phi) is 5.59. The molecule has 7 heteroatoms. The van der Waals surface area contributed by atoms with Gasteiger partial charge in [0.05, 0.1) is 9.88 Å². The number of nitrogens with zero attached hydrogens (tertiary/aromatic N) is 5. The van der Waals surface area contributed by atoms with Crippen molar-refractivity contribution in [1.29, 1.82) is 0 Å². The van der Waals surface area contributed by atoms with Crippen LogP contribution in [0.1, 0.15) is 10.6 Å². The third kappa shape index (κ3) is 4.35. The molecule has 4 heterocycles. The van der Waals surface area contributed by atoms with E-state index < -0.39 is 0 Å². The fourth-order valence-corrected chi connectivity index (χ4v) is 4.67. The SMILES string of the molecule is C=C(Nc1cc2cc(-c3cnc(C)s3)ccc2cn1)c1ccnc(N2CCN(C)CC2)c1. The van der Waals surface area contributed by atoms with Crippen LogP contribution in [0, 0.1) is 6.92 Å². The topological polar surface area (TPSA) is 57.2 Å². The summed E-state index contributed by atoms with van der Waals surface area (Å²) >= 11 is 1.71. The van der Waals surface area contributed by atoms with Crippen molar-refractivity contribution < 1.29 is 0 Å². The number of benzene rings is 1. The molecule has 1 N–H and O–H groups in total. The highest BCUT2D eigenvalue weighted by Crippen LogP contribution is 2.30. The molecule has 6 nitrogen and oxygen atoms in total. The molecule has 32 heavy (non-hydrogen) atoms. The van der Waals surface area contributed by atoms with Crippen molar-refractivity contribution in [2.45, 2.75) is 6.92 Å². The molecule has 0 bridgehead atoms. The quantitative estimate of drug-likeness (QED) is 0.475. The number of rotatable bonds is 5. The zero-order valence-corrected chi connectivity index (χ0v) is 19.2. The summed E-state index contributed by atoms with van der Waals surface area (Å²) < 4.78 is 0. The van der Waals surface area contributed by atoms with Crippen LogP contribution in [0.4, 0.5) is 11.6 Å². The average Bonchev–Trinajstić information content (AvgIpc) is 3.25. The second-order valence-corrected chi connectivity index (χ2v) is 9.41. The number of aromatic nitrogens is 3. The second-order valence-electron chi connectivity index (χ2n) is 8.17. The molecule has 0 spiro atoms. The first-order chi connectivity index (χ1) is 15.5. The van der Waals surface area contributed by atoms with Gasteiger partial charge < -0.3 is 15.1 Å². The van der Waals surface area contributed by atoms with E-state index >= 15 is 0 Å². The van der Waals surface area contributed by atoms with Crippen LogP contribution in [-0.4, -0.2) is 53.1 Å². The van der Waals surface area contributed by atoms with Crippen LogP contribution >= 0.6 is 11.3 Å². The largest absolute Gasteiger partial charge is 0.354 e. The Morgan fingerprint density at radius 3 is 2.59 bits per heavy atom. The molecular formula is C25H26N6S. The highest BCUT2D eigenvalue weighted by molar-refractivity contribution is 7.15. The van der Waals surface area contributed by atoms with Gasteiger partial charge in [-0.15, -0.1) is 11.3 Å². The Morgan fingerprint density at radius 2 is 1.81 bits per heavy atom. The molecule has 1 fully saturated rings. The van der Waals surface area contributed by atoms with Gasteiger partial charge in [0.1, 0.15) is 11.6 Å². The molecule has 1 aliphatic rings. The number of thiazole rings is 1. The third-order valence-corrected chi connectivity index (χ3v) is 6.79. The van der Waals surface area contributed by atoms with Crippen molar-refractivity contribution >= 4 is 39.4 Å². The number of nitrogens with one attached hydrogen (secondary N) is 1. The van der Waals surface area contributed by atoms with Crippen LogP contribution in [0.15, 0.2) is 61.6 Å². The maximum atomic E-state index is 4.59. The summed E-state index contributed by atoms with van der Waals surface area (Å²) in [6, 6.07) is 12.6. The molecular weight excluding hydrogens is 416 g/mol. The maximum absolute atomic E-state index is 4.59. The van der Waals surface area contributed by atoms with Gasteiger partial charge in [-0.25, -0.2) is 15.0 Å². The molecule has 0 radical (unpaired) electrons. The number of likely N-dealkylation sites (N-methyl/N-ethyl adjacent to an activating group) is 1. The van der Waals surface area contributed by atoms with Crippen LogP contribution in [0.2, 0.25) is 0 Å². The lowest BCUT2D eigenvalue weighted by atomic mass is 10.1. The van der Waals surface area contributed by atoms with Crippen LogP contribution in [-0.2, 0) is 0 Å². The first-order valence-electron chi connectivity index (χ1n) is 10.7. The Morgan fingerprint density at radius 1 is 0.969 bits per heavy atom. The van der Waals surface area contributed by atoms with E-state index in [1.54, 1.807) is 11.3 Å². The maximum Gasteiger partial charge on any atom is 0.130 e. The van der Waals surface area contributed by atoms with E-state index in [0.29, 0.717) is 0 Å². The summed E-state index contributed by atoms with van der Waals surface area (Å²) in [5.41, 5.74) is 3.00. The molecule has 1 aromatic carbocycles. The number of piperazine rings is 1. The van der Waals surface area contributed by atoms with Gasteiger partial charge in [0.25, 0.3) is 0 Å². The second kappa shape index (κ2) is 8.68. The zero-order valence-electron chi connectivity index (χ0n) is 18.4. The minimum Gasteiger partial charge on any atom is -0.354 e. The summed E-state index contributed by atoms with van der Waals surface area (Å²) in [6.07, 6.45) is 5.69. The van der Waals surface area contributed by atoms with Gasteiger partial charge in [-0.1, -0.05) is 18.7 Å². The fraction of sp³-hybridized carbons (Fsp3) is 0.240. The van der Waals surface area contributed by atoms with Crippen molar-refractivity contribution in [3.8, 4) is 10.4 Å². The smallest absolute Gasteiger partial charge is 0.130 e. The zero-order chi connectivity index (χ0) is 22.1. The van der Waals surface area contributed by atoms with E-state index in [-0.39, 0.29) is 0 Å². The predicted molar refractivity (Wildman–Crippen MR) is 134 cm³/mol. The number of fused-ring (bicyclic) bond motifs is 1. The van der Waals surface area contributed by atoms with Crippen LogP contribution < -0.4 is 10.2 Å². The van der Waals surface area contributed by atoms with Gasteiger partial charge in [-0.2, -0.15) is 0 Å². The molecule has 3 aromatic heterocycles. The monoisotopic (exact) mass is 442 g/mol. The van der Waals surface area contributed by atoms with Crippen molar-refractivity contribution in [3.63, 3.8) is 0 Å². The minimum atomic E-state index is 0.776. The molecule has 0 atom stereocenters. The normalized spacial score (nSPS) is 14.6. The fourth-order valence-electron chi connectivity index (χ4n) is 3.90. The van der Waals surface area contributed by atoms with Crippen LogP contribution in [0.25, 0.3) is 26.9 Å². The summed E-state index contributed by atoms with van der Waals surface area (Å²) in [7, 11) is 2.16. The first kappa shape index (κ1) is 20.6. The van der Waals surface area contributed by atoms with Crippen LogP contribution in [0.5, 0.6) is 0 Å². The van der Waals surface area contributed by atoms with Gasteiger partial charge in [0.15, 0.2) is 0 Å². The Balaban J connectivity index is 1.36. The van der Waals surface area contributed by atoms with E-state index in [1.165, 1.54) is 10.4 Å². The van der Waals surface area contributed by atoms with Crippen molar-refractivity contribution in [1.82, 2.24) is 19.9 Å². The Bertz CT molecular complexity index is 1270. The molecule has 0 aliphatic carbocycles. The molecule has 0 unspecified atom stereocenters. The summed E-state index contributed by atoms with van der Waals surface area (Å²) in [5.74, 6) is 1.77. The molecule has 162 valence electrons. The van der Waals surface area contributed by atoms with Gasteiger partial charge >= 0.3 is 0 Å². The van der Waals surface area contributed by atoms with Crippen molar-refractivity contribution in [2.75, 3.05) is 43.4 Å². The van der Waals surface area contributed by atoms with Gasteiger partial charge in [-0.05, 0) is 49.2 Å². The molecule has 0 amide bonds. The Hall–Kier alpha value is -3.29. The van der Waals surface area contributed by atoms with Crippen LogP contribution in [0.3, 0.4) is 0 Å². The summed E-state index contributed by atoms with van der Waals surface area (Å²) in [5, 5.41) is 6.69. The molecule has 4 aromatic rings. The summed E-state index contributed by atoms with van der Waals surface area (Å²) in [4.78, 5) is 19.4. The predicted octanol–water partition coefficient (Wildman–Crippen LogP) is 4.90. The first-order valence-corrected chi connectivity index (χ1v) is 11.6. The van der Waals surface area contributed by atoms with Gasteiger partial charge in [-0.3, -0.25) is 0 Å². The molecule has 5 rings (SSSR count). The van der Waals surface area contributed by atoms with Gasteiger partial charge in [0, 0.05) is 61.4 Å². The van der Waals surface area contributed by atoms with Gasteiger partial charge in [0.2, 0.25) is 0 Å². The lowest BCUT2D eigenvalue weighted by molar-refractivity contribution is 0.312. The number of anilines is 2. The average molecular weight is 443 g/mol. The molecule has 1 saturated heterocycles. The standard InChI is InChI=1S/C25H26N6S/c1-17(19-6-7-26-25(14-19)31-10-8-30(3)9-11-31)29-24-13-22-12-20(4-5-21(22)15-28-24)23-16-27-18(2)32-23/h4-7,12-16H,1,8-11H2,2-3H3,(H,28,29). The minimum absolute atomic E-state index is 0.776. The van der Waals surface area contributed by atoms with E-state index in [1.807, 2.05) is 31.6 Å². The highest BCUT2D eigenvalue weighted by Gasteiger charge is 2.16. The Labute approximate surface area is 192 Å². The number of pyridine rings is 2. The van der Waals surface area contributed by atoms with E-state index in [2.05, 4.69) is 74.0 Å². The molecule has 1 aliphatic heterocycles. The molecule has 0 saturated carbocycles. The number of hydrogen-bond donors (Lipinski definition) is 1.